The Balaban J connectivity index is 1.48. The molecule has 2 saturated carbocycles. The predicted octanol–water partition coefficient (Wildman–Crippen LogP) is -4.23. The van der Waals surface area contributed by atoms with E-state index in [0.29, 0.717) is 31.3 Å². The number of rotatable bonds is 12. The maximum atomic E-state index is 11.8. The van der Waals surface area contributed by atoms with Crippen LogP contribution in [0.4, 0.5) is 0 Å². The highest BCUT2D eigenvalue weighted by Crippen LogP contribution is 2.36. The van der Waals surface area contributed by atoms with E-state index in [0.717, 1.165) is 25.1 Å². The third-order valence-electron chi connectivity index (χ3n) is 9.18. The van der Waals surface area contributed by atoms with Gasteiger partial charge in [-0.2, -0.15) is 0 Å². The molecule has 1 saturated heterocycles. The molecule has 2 aliphatic heterocycles. The monoisotopic (exact) mass is 588 g/mol. The minimum absolute atomic E-state index is 0.107. The molecule has 14 heteroatoms. The quantitative estimate of drug-likeness (QED) is 0.104. The van der Waals surface area contributed by atoms with Crippen molar-refractivity contribution in [1.29, 1.82) is 0 Å². The van der Waals surface area contributed by atoms with Crippen LogP contribution in [-0.4, -0.2) is 138 Å². The van der Waals surface area contributed by atoms with Crippen LogP contribution in [0.3, 0.4) is 0 Å². The molecule has 4 rings (SSSR count). The van der Waals surface area contributed by atoms with Crippen molar-refractivity contribution in [3.05, 3.63) is 11.8 Å². The highest BCUT2D eigenvalue weighted by Gasteiger charge is 2.53. The molecule has 4 aliphatic rings. The van der Waals surface area contributed by atoms with Crippen molar-refractivity contribution in [1.82, 2.24) is 16.0 Å². The number of ether oxygens (including phenoxy) is 3. The van der Waals surface area contributed by atoms with Crippen molar-refractivity contribution in [2.24, 2.45) is 29.0 Å². The standard InChI is InChI=1S/C27H52N6O8/c1-27(38)12-39-26(22(37)25(27)31-2)41-24-19(33-15(10-34)11-35)7-18(30)20(21(24)36)23-17(29)4-3-16(40-23)9-32-8-13-5-14(28)6-13/h3,13-15,17-26,31-38H,4-12,28-30H2,1-2H3. The van der Waals surface area contributed by atoms with Gasteiger partial charge in [0.1, 0.15) is 29.7 Å². The molecule has 0 spiro atoms. The lowest BCUT2D eigenvalue weighted by Gasteiger charge is -2.51. The highest BCUT2D eigenvalue weighted by molar-refractivity contribution is 5.11. The topological polar surface area (TPSA) is 243 Å². The summed E-state index contributed by atoms with van der Waals surface area (Å²) in [6.45, 7) is 2.14. The van der Waals surface area contributed by atoms with Gasteiger partial charge in [-0.05, 0) is 58.2 Å². The Morgan fingerprint density at radius 2 is 1.80 bits per heavy atom. The number of hydrogen-bond acceptors (Lipinski definition) is 14. The summed E-state index contributed by atoms with van der Waals surface area (Å²) in [5.41, 5.74) is 17.7. The summed E-state index contributed by atoms with van der Waals surface area (Å²) in [5.74, 6) is 0.684. The average molecular weight is 589 g/mol. The Morgan fingerprint density at radius 3 is 2.44 bits per heavy atom. The van der Waals surface area contributed by atoms with Crippen molar-refractivity contribution in [2.75, 3.05) is 40.0 Å². The summed E-state index contributed by atoms with van der Waals surface area (Å²) in [5, 5.41) is 62.3. The van der Waals surface area contributed by atoms with E-state index in [9.17, 15) is 25.5 Å². The summed E-state index contributed by atoms with van der Waals surface area (Å²) in [6.07, 6.45) is -0.330. The molecule has 14 nitrogen and oxygen atoms in total. The van der Waals surface area contributed by atoms with E-state index in [1.54, 1.807) is 14.0 Å². The van der Waals surface area contributed by atoms with E-state index >= 15 is 0 Å². The smallest absolute Gasteiger partial charge is 0.185 e. The summed E-state index contributed by atoms with van der Waals surface area (Å²) in [4.78, 5) is 0. The third-order valence-corrected chi connectivity index (χ3v) is 9.18. The normalized spacial score (nSPS) is 45.2. The fourth-order valence-electron chi connectivity index (χ4n) is 6.80. The van der Waals surface area contributed by atoms with Gasteiger partial charge >= 0.3 is 0 Å². The lowest BCUT2D eigenvalue weighted by Crippen LogP contribution is -2.69. The zero-order valence-electron chi connectivity index (χ0n) is 24.1. The molecular weight excluding hydrogens is 536 g/mol. The molecule has 2 heterocycles. The second kappa shape index (κ2) is 14.2. The lowest BCUT2D eigenvalue weighted by molar-refractivity contribution is -0.298. The molecule has 0 aromatic carbocycles. The summed E-state index contributed by atoms with van der Waals surface area (Å²) >= 11 is 0. The Bertz CT molecular complexity index is 860. The molecule has 14 N–H and O–H groups in total. The first-order valence-corrected chi connectivity index (χ1v) is 14.8. The van der Waals surface area contributed by atoms with Crippen LogP contribution in [0.25, 0.3) is 0 Å². The van der Waals surface area contributed by atoms with Crippen molar-refractivity contribution < 1.29 is 39.7 Å². The largest absolute Gasteiger partial charge is 0.492 e. The molecule has 11 atom stereocenters. The van der Waals surface area contributed by atoms with Gasteiger partial charge in [0.2, 0.25) is 0 Å². The Kier molecular flexibility index (Phi) is 11.4. The Morgan fingerprint density at radius 1 is 1.10 bits per heavy atom. The summed E-state index contributed by atoms with van der Waals surface area (Å²) in [7, 11) is 1.62. The molecule has 0 aromatic heterocycles. The zero-order chi connectivity index (χ0) is 29.9. The molecule has 3 fully saturated rings. The van der Waals surface area contributed by atoms with Crippen LogP contribution in [0.15, 0.2) is 11.8 Å². The molecule has 41 heavy (non-hydrogen) atoms. The van der Waals surface area contributed by atoms with E-state index in [1.807, 2.05) is 6.08 Å². The maximum Gasteiger partial charge on any atom is 0.185 e. The van der Waals surface area contributed by atoms with Gasteiger partial charge in [-0.25, -0.2) is 0 Å². The number of nitrogens with one attached hydrogen (secondary N) is 3. The van der Waals surface area contributed by atoms with Gasteiger partial charge in [0.25, 0.3) is 0 Å². The van der Waals surface area contributed by atoms with Crippen LogP contribution in [0, 0.1) is 11.8 Å². The van der Waals surface area contributed by atoms with Crippen LogP contribution in [0.2, 0.25) is 0 Å². The van der Waals surface area contributed by atoms with Crippen LogP contribution < -0.4 is 33.2 Å². The van der Waals surface area contributed by atoms with Crippen molar-refractivity contribution >= 4 is 0 Å². The number of aliphatic hydroxyl groups excluding tert-OH is 4. The average Bonchev–Trinajstić information content (AvgIpc) is 2.91. The maximum absolute atomic E-state index is 11.8. The molecule has 0 amide bonds. The second-order valence-electron chi connectivity index (χ2n) is 12.6. The molecule has 0 radical (unpaired) electrons. The van der Waals surface area contributed by atoms with Crippen molar-refractivity contribution in [2.45, 2.75) is 105 Å². The van der Waals surface area contributed by atoms with Gasteiger partial charge in [-0.3, -0.25) is 0 Å². The fourth-order valence-corrected chi connectivity index (χ4v) is 6.80. The first-order chi connectivity index (χ1) is 19.5. The summed E-state index contributed by atoms with van der Waals surface area (Å²) in [6, 6.07) is -2.70. The molecule has 0 aromatic rings. The van der Waals surface area contributed by atoms with Gasteiger partial charge in [0.15, 0.2) is 6.29 Å². The van der Waals surface area contributed by atoms with E-state index < -0.39 is 72.4 Å². The van der Waals surface area contributed by atoms with Gasteiger partial charge in [0.05, 0.1) is 44.6 Å². The molecule has 0 bridgehead atoms. The van der Waals surface area contributed by atoms with Gasteiger partial charge in [-0.1, -0.05) is 0 Å². The van der Waals surface area contributed by atoms with E-state index in [4.69, 9.17) is 31.4 Å². The molecule has 2 aliphatic carbocycles. The first kappa shape index (κ1) is 32.9. The zero-order valence-corrected chi connectivity index (χ0v) is 24.1. The van der Waals surface area contributed by atoms with Crippen molar-refractivity contribution in [3.8, 4) is 0 Å². The number of likely N-dealkylation sites (N-methyl/N-ethyl adjacent to an activating group) is 1. The minimum Gasteiger partial charge on any atom is -0.492 e. The number of aliphatic hydroxyl groups is 5. The predicted molar refractivity (Wildman–Crippen MR) is 150 cm³/mol. The first-order valence-electron chi connectivity index (χ1n) is 14.8. The van der Waals surface area contributed by atoms with E-state index in [2.05, 4.69) is 16.0 Å². The third kappa shape index (κ3) is 7.58. The Hall–Kier alpha value is -0.980. The van der Waals surface area contributed by atoms with Gasteiger partial charge in [-0.15, -0.1) is 0 Å². The van der Waals surface area contributed by atoms with E-state index in [1.165, 1.54) is 0 Å². The fraction of sp³-hybridized carbons (Fsp3) is 0.926. The Labute approximate surface area is 241 Å². The SMILES string of the molecule is CNC1C(O)C(OC2C(NC(CO)CO)CC(N)C(C3OC(CNCC4CC(N)C4)=CCC3N)C2O)OCC1(C)O. The number of nitrogens with two attached hydrogens (primary N) is 3. The van der Waals surface area contributed by atoms with Crippen LogP contribution in [0.5, 0.6) is 0 Å². The molecular formula is C27H52N6O8. The molecule has 11 unspecified atom stereocenters. The minimum atomic E-state index is -1.34. The van der Waals surface area contributed by atoms with Crippen LogP contribution in [0.1, 0.15) is 32.6 Å². The summed E-state index contributed by atoms with van der Waals surface area (Å²) < 4.78 is 18.3. The lowest BCUT2D eigenvalue weighted by atomic mass is 9.72. The highest BCUT2D eigenvalue weighted by atomic mass is 16.7. The van der Waals surface area contributed by atoms with Gasteiger partial charge in [0, 0.05) is 30.1 Å². The van der Waals surface area contributed by atoms with Crippen LogP contribution in [-0.2, 0) is 14.2 Å². The van der Waals surface area contributed by atoms with Crippen molar-refractivity contribution in [3.63, 3.8) is 0 Å². The van der Waals surface area contributed by atoms with Gasteiger partial charge < -0.3 is 72.9 Å². The molecule has 238 valence electrons. The van der Waals surface area contributed by atoms with Crippen LogP contribution >= 0.6 is 0 Å². The second-order valence-corrected chi connectivity index (χ2v) is 12.6. The van der Waals surface area contributed by atoms with E-state index in [-0.39, 0.29) is 19.8 Å². The number of hydrogen-bond donors (Lipinski definition) is 11.